The summed E-state index contributed by atoms with van der Waals surface area (Å²) in [5.41, 5.74) is 4.15. The summed E-state index contributed by atoms with van der Waals surface area (Å²) in [7, 11) is 1.59. The molecule has 0 fully saturated rings. The van der Waals surface area contributed by atoms with Gasteiger partial charge in [0.05, 0.1) is 24.3 Å². The molecular weight excluding hydrogens is 413 g/mol. The van der Waals surface area contributed by atoms with Gasteiger partial charge in [-0.25, -0.2) is 9.38 Å². The number of nitrogens with one attached hydrogen (secondary N) is 2. The zero-order chi connectivity index (χ0) is 21.8. The van der Waals surface area contributed by atoms with Crippen molar-refractivity contribution in [3.05, 3.63) is 64.3 Å². The third-order valence-electron chi connectivity index (χ3n) is 5.10. The fourth-order valence-electron chi connectivity index (χ4n) is 3.62. The van der Waals surface area contributed by atoms with E-state index in [2.05, 4.69) is 33.8 Å². The number of benzene rings is 2. The number of hydrogen-bond acceptors (Lipinski definition) is 6. The predicted molar refractivity (Wildman–Crippen MR) is 125 cm³/mol. The van der Waals surface area contributed by atoms with Crippen LogP contribution in [0.1, 0.15) is 29.9 Å². The summed E-state index contributed by atoms with van der Waals surface area (Å²) in [6, 6.07) is 12.9. The molecular formula is C24H26FN3O2S. The molecule has 2 aliphatic heterocycles. The smallest absolute Gasteiger partial charge is 0.142 e. The van der Waals surface area contributed by atoms with Gasteiger partial charge in [-0.1, -0.05) is 26.0 Å². The van der Waals surface area contributed by atoms with E-state index in [1.54, 1.807) is 24.5 Å². The average Bonchev–Trinajstić information content (AvgIpc) is 3.45. The van der Waals surface area contributed by atoms with Crippen molar-refractivity contribution in [3.8, 4) is 21.9 Å². The lowest BCUT2D eigenvalue weighted by molar-refractivity contribution is 0.356. The number of nitrogens with zero attached hydrogens (tertiary/aromatic N) is 1. The lowest BCUT2D eigenvalue weighted by atomic mass is 10.1. The van der Waals surface area contributed by atoms with Gasteiger partial charge >= 0.3 is 0 Å². The minimum absolute atomic E-state index is 0.286. The Labute approximate surface area is 185 Å². The molecule has 0 spiro atoms. The Hall–Kier alpha value is -3.06. The molecule has 0 bridgehead atoms. The van der Waals surface area contributed by atoms with Crippen molar-refractivity contribution >= 4 is 22.9 Å². The normalized spacial score (nSPS) is 13.6. The number of halogens is 1. The Morgan fingerprint density at radius 2 is 2.06 bits per heavy atom. The minimum Gasteiger partial charge on any atom is -0.496 e. The zero-order valence-corrected chi connectivity index (χ0v) is 18.7. The van der Waals surface area contributed by atoms with Gasteiger partial charge in [-0.05, 0) is 41.5 Å². The fourth-order valence-corrected chi connectivity index (χ4v) is 4.76. The molecule has 0 aliphatic carbocycles. The van der Waals surface area contributed by atoms with E-state index in [1.165, 1.54) is 17.7 Å². The summed E-state index contributed by atoms with van der Waals surface area (Å²) in [5, 5.41) is 6.74. The molecule has 2 N–H and O–H groups in total. The van der Waals surface area contributed by atoms with Crippen LogP contribution in [0.5, 0.6) is 11.5 Å². The standard InChI is InChI=1S/C22H20FN3O2S.C2H6/c1-27-18-5-4-15(23)9-16(18)20-10-17-21(29-20)22(26-12-25-17)24-11-13-2-3-14-6-7-28-19(14)8-13;1-2/h2-5,8-10,25H,6-7,11-12H2,1H3,(H,24,26);1-2H3. The van der Waals surface area contributed by atoms with Gasteiger partial charge in [-0.15, -0.1) is 11.3 Å². The van der Waals surface area contributed by atoms with E-state index in [4.69, 9.17) is 9.47 Å². The van der Waals surface area contributed by atoms with E-state index >= 15 is 0 Å². The summed E-state index contributed by atoms with van der Waals surface area (Å²) in [4.78, 5) is 6.53. The molecule has 0 saturated heterocycles. The number of rotatable bonds is 4. The van der Waals surface area contributed by atoms with E-state index in [1.807, 2.05) is 19.9 Å². The molecule has 0 saturated carbocycles. The number of thiophene rings is 1. The Bertz CT molecular complexity index is 1110. The van der Waals surface area contributed by atoms with Crippen molar-refractivity contribution in [2.75, 3.05) is 25.7 Å². The second kappa shape index (κ2) is 9.39. The van der Waals surface area contributed by atoms with Crippen molar-refractivity contribution in [2.24, 2.45) is 4.99 Å². The van der Waals surface area contributed by atoms with Crippen LogP contribution in [0.2, 0.25) is 0 Å². The van der Waals surface area contributed by atoms with Crippen LogP contribution in [0.4, 0.5) is 10.1 Å². The first-order chi connectivity index (χ1) is 15.2. The molecule has 0 atom stereocenters. The third kappa shape index (κ3) is 4.37. The van der Waals surface area contributed by atoms with Crippen LogP contribution in [0.25, 0.3) is 10.4 Å². The van der Waals surface area contributed by atoms with Crippen molar-refractivity contribution in [3.63, 3.8) is 0 Å². The molecule has 0 amide bonds. The second-order valence-corrected chi connectivity index (χ2v) is 7.99. The summed E-state index contributed by atoms with van der Waals surface area (Å²) >= 11 is 1.56. The van der Waals surface area contributed by atoms with E-state index < -0.39 is 0 Å². The topological polar surface area (TPSA) is 54.9 Å². The molecule has 5 nitrogen and oxygen atoms in total. The molecule has 5 rings (SSSR count). The Morgan fingerprint density at radius 1 is 1.19 bits per heavy atom. The van der Waals surface area contributed by atoms with Crippen LogP contribution in [-0.4, -0.2) is 26.2 Å². The Morgan fingerprint density at radius 3 is 2.90 bits per heavy atom. The van der Waals surface area contributed by atoms with Crippen LogP contribution in [0.15, 0.2) is 47.5 Å². The SMILES string of the molecule is CC.COc1ccc(F)cc1-c1cc2c(s1)C(NCc1ccc3c(c1)OCC3)=NCN2. The van der Waals surface area contributed by atoms with Crippen molar-refractivity contribution in [1.29, 1.82) is 0 Å². The van der Waals surface area contributed by atoms with Gasteiger partial charge in [0.2, 0.25) is 0 Å². The lowest BCUT2D eigenvalue weighted by Gasteiger charge is -2.16. The number of aliphatic imine (C=N–C) groups is 1. The number of amidine groups is 1. The molecule has 0 unspecified atom stereocenters. The summed E-state index contributed by atoms with van der Waals surface area (Å²) in [5.74, 6) is 2.18. The fraction of sp³-hybridized carbons (Fsp3) is 0.292. The highest BCUT2D eigenvalue weighted by Crippen LogP contribution is 2.40. The highest BCUT2D eigenvalue weighted by molar-refractivity contribution is 7.18. The highest BCUT2D eigenvalue weighted by atomic mass is 32.1. The molecule has 2 aliphatic rings. The van der Waals surface area contributed by atoms with Crippen molar-refractivity contribution in [2.45, 2.75) is 26.8 Å². The maximum Gasteiger partial charge on any atom is 0.142 e. The first-order valence-corrected chi connectivity index (χ1v) is 11.3. The number of methoxy groups -OCH3 is 1. The van der Waals surface area contributed by atoms with E-state index in [-0.39, 0.29) is 5.82 Å². The maximum absolute atomic E-state index is 13.8. The number of hydrogen-bond donors (Lipinski definition) is 2. The first-order valence-electron chi connectivity index (χ1n) is 10.5. The first kappa shape index (κ1) is 21.2. The molecule has 7 heteroatoms. The van der Waals surface area contributed by atoms with Crippen molar-refractivity contribution < 1.29 is 13.9 Å². The quantitative estimate of drug-likeness (QED) is 0.568. The molecule has 2 aromatic carbocycles. The summed E-state index contributed by atoms with van der Waals surface area (Å²) in [6.07, 6.45) is 0.978. The minimum atomic E-state index is -0.286. The molecule has 3 heterocycles. The van der Waals surface area contributed by atoms with Crippen LogP contribution >= 0.6 is 11.3 Å². The van der Waals surface area contributed by atoms with E-state index in [0.29, 0.717) is 19.0 Å². The summed E-state index contributed by atoms with van der Waals surface area (Å²) < 4.78 is 24.9. The van der Waals surface area contributed by atoms with Gasteiger partial charge in [0.15, 0.2) is 0 Å². The average molecular weight is 440 g/mol. The molecule has 0 radical (unpaired) electrons. The highest BCUT2D eigenvalue weighted by Gasteiger charge is 2.21. The number of fused-ring (bicyclic) bond motifs is 2. The third-order valence-corrected chi connectivity index (χ3v) is 6.28. The van der Waals surface area contributed by atoms with Gasteiger partial charge in [-0.3, -0.25) is 0 Å². The zero-order valence-electron chi connectivity index (χ0n) is 17.9. The number of anilines is 1. The van der Waals surface area contributed by atoms with Crippen LogP contribution in [-0.2, 0) is 13.0 Å². The molecule has 162 valence electrons. The maximum atomic E-state index is 13.8. The van der Waals surface area contributed by atoms with Crippen LogP contribution < -0.4 is 20.1 Å². The lowest BCUT2D eigenvalue weighted by Crippen LogP contribution is -2.27. The van der Waals surface area contributed by atoms with Crippen LogP contribution in [0, 0.1) is 5.82 Å². The Kier molecular flexibility index (Phi) is 6.42. The molecule has 1 aromatic heterocycles. The van der Waals surface area contributed by atoms with Crippen molar-refractivity contribution in [1.82, 2.24) is 5.32 Å². The predicted octanol–water partition coefficient (Wildman–Crippen LogP) is 5.44. The van der Waals surface area contributed by atoms with Crippen LogP contribution in [0.3, 0.4) is 0 Å². The monoisotopic (exact) mass is 439 g/mol. The molecule has 3 aromatic rings. The van der Waals surface area contributed by atoms with E-state index in [9.17, 15) is 4.39 Å². The number of ether oxygens (including phenoxy) is 2. The van der Waals surface area contributed by atoms with Gasteiger partial charge < -0.3 is 20.1 Å². The van der Waals surface area contributed by atoms with Gasteiger partial charge in [0.25, 0.3) is 0 Å². The van der Waals surface area contributed by atoms with Gasteiger partial charge in [0, 0.05) is 23.4 Å². The molecule has 31 heavy (non-hydrogen) atoms. The summed E-state index contributed by atoms with van der Waals surface area (Å²) in [6.45, 7) is 5.92. The van der Waals surface area contributed by atoms with E-state index in [0.717, 1.165) is 51.2 Å². The Balaban J connectivity index is 0.00000112. The largest absolute Gasteiger partial charge is 0.496 e. The van der Waals surface area contributed by atoms with Gasteiger partial charge in [-0.2, -0.15) is 0 Å². The van der Waals surface area contributed by atoms with Gasteiger partial charge in [0.1, 0.15) is 29.8 Å². The second-order valence-electron chi connectivity index (χ2n) is 6.93.